The topological polar surface area (TPSA) is 103 Å². The van der Waals surface area contributed by atoms with Gasteiger partial charge in [0.2, 0.25) is 5.89 Å². The van der Waals surface area contributed by atoms with Gasteiger partial charge >= 0.3 is 0 Å². The highest BCUT2D eigenvalue weighted by Crippen LogP contribution is 2.27. The van der Waals surface area contributed by atoms with E-state index in [0.717, 1.165) is 21.1 Å². The van der Waals surface area contributed by atoms with Crippen LogP contribution in [0.3, 0.4) is 0 Å². The molecule has 4 aromatic heterocycles. The number of pyridine rings is 1. The Morgan fingerprint density at radius 2 is 2.00 bits per heavy atom. The summed E-state index contributed by atoms with van der Waals surface area (Å²) in [5.41, 5.74) is 2.23. The standard InChI is InChI=1S/C16H15N7OS/c1-8-6-17-16(25-8)12-5-4-11-13(22-12)14(19-7-18-11)20-9(2)15-21-10(3)23-24-15/h4-7,9H,1-3H3,(H,18,19,20). The van der Waals surface area contributed by atoms with Gasteiger partial charge in [-0.25, -0.2) is 19.9 Å². The first-order chi connectivity index (χ1) is 12.1. The molecule has 0 fully saturated rings. The fourth-order valence-electron chi connectivity index (χ4n) is 2.39. The molecule has 0 aromatic carbocycles. The summed E-state index contributed by atoms with van der Waals surface area (Å²) < 4.78 is 5.21. The van der Waals surface area contributed by atoms with E-state index in [1.165, 1.54) is 6.33 Å². The number of anilines is 1. The summed E-state index contributed by atoms with van der Waals surface area (Å²) in [5.74, 6) is 1.70. The third-order valence-corrected chi connectivity index (χ3v) is 4.52. The first-order valence-electron chi connectivity index (χ1n) is 7.71. The number of thiazole rings is 1. The van der Waals surface area contributed by atoms with Crippen LogP contribution in [0.1, 0.15) is 29.6 Å². The molecule has 0 saturated carbocycles. The van der Waals surface area contributed by atoms with E-state index in [1.54, 1.807) is 18.3 Å². The molecule has 0 bridgehead atoms. The van der Waals surface area contributed by atoms with Crippen LogP contribution in [-0.2, 0) is 0 Å². The van der Waals surface area contributed by atoms with Gasteiger partial charge in [0.25, 0.3) is 0 Å². The van der Waals surface area contributed by atoms with Crippen LogP contribution in [0.2, 0.25) is 0 Å². The van der Waals surface area contributed by atoms with E-state index < -0.39 is 0 Å². The maximum Gasteiger partial charge on any atom is 0.248 e. The van der Waals surface area contributed by atoms with Gasteiger partial charge in [-0.15, -0.1) is 11.3 Å². The highest BCUT2D eigenvalue weighted by molar-refractivity contribution is 7.14. The van der Waals surface area contributed by atoms with E-state index in [2.05, 4.69) is 30.4 Å². The Morgan fingerprint density at radius 1 is 1.12 bits per heavy atom. The second-order valence-corrected chi connectivity index (χ2v) is 6.84. The number of nitrogens with one attached hydrogen (secondary N) is 1. The monoisotopic (exact) mass is 353 g/mol. The third-order valence-electron chi connectivity index (χ3n) is 3.59. The van der Waals surface area contributed by atoms with E-state index in [-0.39, 0.29) is 6.04 Å². The summed E-state index contributed by atoms with van der Waals surface area (Å²) in [7, 11) is 0. The lowest BCUT2D eigenvalue weighted by atomic mass is 10.2. The molecular weight excluding hydrogens is 338 g/mol. The van der Waals surface area contributed by atoms with Crippen LogP contribution in [0.4, 0.5) is 5.82 Å². The Labute approximate surface area is 147 Å². The summed E-state index contributed by atoms with van der Waals surface area (Å²) in [6, 6.07) is 3.64. The van der Waals surface area contributed by atoms with Crippen molar-refractivity contribution in [1.29, 1.82) is 0 Å². The van der Waals surface area contributed by atoms with Gasteiger partial charge in [-0.3, -0.25) is 0 Å². The first kappa shape index (κ1) is 15.6. The minimum absolute atomic E-state index is 0.202. The number of fused-ring (bicyclic) bond motifs is 1. The van der Waals surface area contributed by atoms with Crippen molar-refractivity contribution in [2.75, 3.05) is 5.32 Å². The normalized spacial score (nSPS) is 12.4. The molecule has 9 heteroatoms. The SMILES string of the molecule is Cc1noc(C(C)Nc2ncnc3ccc(-c4ncc(C)s4)nc23)n1. The van der Waals surface area contributed by atoms with Crippen molar-refractivity contribution in [3.05, 3.63) is 41.2 Å². The van der Waals surface area contributed by atoms with Crippen LogP contribution in [0.5, 0.6) is 0 Å². The fraction of sp³-hybridized carbons (Fsp3) is 0.250. The predicted octanol–water partition coefficient (Wildman–Crippen LogP) is 3.32. The first-order valence-corrected chi connectivity index (χ1v) is 8.53. The van der Waals surface area contributed by atoms with Crippen LogP contribution in [0.15, 0.2) is 29.2 Å². The Kier molecular flexibility index (Phi) is 3.85. The van der Waals surface area contributed by atoms with E-state index in [4.69, 9.17) is 9.51 Å². The highest BCUT2D eigenvalue weighted by Gasteiger charge is 2.16. The fourth-order valence-corrected chi connectivity index (χ4v) is 3.13. The predicted molar refractivity (Wildman–Crippen MR) is 94.3 cm³/mol. The van der Waals surface area contributed by atoms with E-state index in [1.807, 2.05) is 32.2 Å². The average Bonchev–Trinajstić information content (AvgIpc) is 3.23. The van der Waals surface area contributed by atoms with Crippen LogP contribution >= 0.6 is 11.3 Å². The molecule has 25 heavy (non-hydrogen) atoms. The number of nitrogens with zero attached hydrogens (tertiary/aromatic N) is 6. The van der Waals surface area contributed by atoms with E-state index in [0.29, 0.717) is 23.0 Å². The molecule has 4 heterocycles. The van der Waals surface area contributed by atoms with Gasteiger partial charge in [-0.1, -0.05) is 5.16 Å². The Hall–Kier alpha value is -2.94. The number of hydrogen-bond acceptors (Lipinski definition) is 9. The molecule has 0 aliphatic heterocycles. The molecule has 0 amide bonds. The summed E-state index contributed by atoms with van der Waals surface area (Å²) in [6.45, 7) is 5.73. The molecule has 4 rings (SSSR count). The van der Waals surface area contributed by atoms with Crippen molar-refractivity contribution in [2.24, 2.45) is 0 Å². The molecule has 8 nitrogen and oxygen atoms in total. The largest absolute Gasteiger partial charge is 0.357 e. The highest BCUT2D eigenvalue weighted by atomic mass is 32.1. The molecular formula is C16H15N7OS. The smallest absolute Gasteiger partial charge is 0.248 e. The summed E-state index contributed by atoms with van der Waals surface area (Å²) in [4.78, 5) is 23.1. The van der Waals surface area contributed by atoms with Crippen molar-refractivity contribution in [3.63, 3.8) is 0 Å². The molecule has 0 saturated heterocycles. The number of rotatable bonds is 4. The molecule has 1 N–H and O–H groups in total. The maximum atomic E-state index is 5.21. The third kappa shape index (κ3) is 3.05. The van der Waals surface area contributed by atoms with Crippen LogP contribution in [0, 0.1) is 13.8 Å². The molecule has 0 radical (unpaired) electrons. The zero-order chi connectivity index (χ0) is 17.4. The maximum absolute atomic E-state index is 5.21. The number of hydrogen-bond donors (Lipinski definition) is 1. The zero-order valence-electron chi connectivity index (χ0n) is 13.9. The van der Waals surface area contributed by atoms with Gasteiger partial charge in [-0.2, -0.15) is 4.98 Å². The van der Waals surface area contributed by atoms with Gasteiger partial charge in [0.15, 0.2) is 11.6 Å². The Bertz CT molecular complexity index is 1040. The van der Waals surface area contributed by atoms with Gasteiger partial charge < -0.3 is 9.84 Å². The molecule has 1 atom stereocenters. The van der Waals surface area contributed by atoms with Crippen molar-refractivity contribution in [1.82, 2.24) is 30.1 Å². The zero-order valence-corrected chi connectivity index (χ0v) is 14.7. The summed E-state index contributed by atoms with van der Waals surface area (Å²) >= 11 is 1.60. The molecule has 0 aliphatic rings. The average molecular weight is 353 g/mol. The Balaban J connectivity index is 1.73. The van der Waals surface area contributed by atoms with Gasteiger partial charge in [0.05, 0.1) is 11.2 Å². The lowest BCUT2D eigenvalue weighted by Crippen LogP contribution is -2.09. The Morgan fingerprint density at radius 3 is 2.72 bits per heavy atom. The summed E-state index contributed by atoms with van der Waals surface area (Å²) in [5, 5.41) is 7.96. The quantitative estimate of drug-likeness (QED) is 0.596. The van der Waals surface area contributed by atoms with Gasteiger partial charge in [-0.05, 0) is 32.9 Å². The lowest BCUT2D eigenvalue weighted by molar-refractivity contribution is 0.364. The second-order valence-electron chi connectivity index (χ2n) is 5.61. The molecule has 126 valence electrons. The van der Waals surface area contributed by atoms with Gasteiger partial charge in [0.1, 0.15) is 22.9 Å². The number of aryl methyl sites for hydroxylation is 2. The van der Waals surface area contributed by atoms with E-state index in [9.17, 15) is 0 Å². The minimum atomic E-state index is -0.202. The van der Waals surface area contributed by atoms with Crippen LogP contribution in [0.25, 0.3) is 21.7 Å². The van der Waals surface area contributed by atoms with Crippen molar-refractivity contribution in [2.45, 2.75) is 26.8 Å². The number of aromatic nitrogens is 6. The molecule has 4 aromatic rings. The lowest BCUT2D eigenvalue weighted by Gasteiger charge is -2.12. The van der Waals surface area contributed by atoms with Crippen LogP contribution in [-0.4, -0.2) is 30.1 Å². The second kappa shape index (κ2) is 6.17. The summed E-state index contributed by atoms with van der Waals surface area (Å²) in [6.07, 6.45) is 3.35. The molecule has 0 aliphatic carbocycles. The minimum Gasteiger partial charge on any atom is -0.357 e. The van der Waals surface area contributed by atoms with Crippen molar-refractivity contribution >= 4 is 28.2 Å². The van der Waals surface area contributed by atoms with Crippen molar-refractivity contribution < 1.29 is 4.52 Å². The van der Waals surface area contributed by atoms with Crippen LogP contribution < -0.4 is 5.32 Å². The van der Waals surface area contributed by atoms with E-state index >= 15 is 0 Å². The van der Waals surface area contributed by atoms with Gasteiger partial charge in [0, 0.05) is 11.1 Å². The molecule has 0 spiro atoms. The molecule has 1 unspecified atom stereocenters. The van der Waals surface area contributed by atoms with Crippen molar-refractivity contribution in [3.8, 4) is 10.7 Å².